The van der Waals surface area contributed by atoms with Crippen LogP contribution in [0.3, 0.4) is 0 Å². The Morgan fingerprint density at radius 3 is 2.36 bits per heavy atom. The van der Waals surface area contributed by atoms with E-state index in [1.54, 1.807) is 6.08 Å². The third-order valence-electron chi connectivity index (χ3n) is 4.74. The molecule has 4 rings (SSSR count). The van der Waals surface area contributed by atoms with Crippen molar-refractivity contribution in [1.29, 1.82) is 0 Å². The first kappa shape index (κ1) is 15.5. The Morgan fingerprint density at radius 2 is 1.60 bits per heavy atom. The van der Waals surface area contributed by atoms with Crippen LogP contribution in [-0.2, 0) is 0 Å². The van der Waals surface area contributed by atoms with E-state index in [9.17, 15) is 4.79 Å². The molecule has 0 aliphatic carbocycles. The molecule has 1 aliphatic heterocycles. The highest BCUT2D eigenvalue weighted by Gasteiger charge is 2.21. The van der Waals surface area contributed by atoms with Crippen molar-refractivity contribution in [3.63, 3.8) is 0 Å². The quantitative estimate of drug-likeness (QED) is 0.519. The minimum Gasteiger partial charge on any atom is -0.356 e. The number of ketones is 1. The predicted molar refractivity (Wildman–Crippen MR) is 105 cm³/mol. The Hall–Kier alpha value is -3.07. The lowest BCUT2D eigenvalue weighted by molar-refractivity contribution is 0.104. The Bertz CT molecular complexity index is 962. The number of nitrogens with zero attached hydrogens (tertiary/aromatic N) is 2. The molecule has 3 aromatic carbocycles. The summed E-state index contributed by atoms with van der Waals surface area (Å²) in [6.45, 7) is 0.841. The second-order valence-electron chi connectivity index (χ2n) is 6.48. The summed E-state index contributed by atoms with van der Waals surface area (Å²) in [5, 5.41) is 2.16. The summed E-state index contributed by atoms with van der Waals surface area (Å²) in [6.07, 6.45) is 3.53. The van der Waals surface area contributed by atoms with Crippen molar-refractivity contribution >= 4 is 34.0 Å². The average Bonchev–Trinajstić information content (AvgIpc) is 2.64. The summed E-state index contributed by atoms with van der Waals surface area (Å²) in [5.74, 6) is 0.0310. The number of anilines is 2. The van der Waals surface area contributed by atoms with Gasteiger partial charge in [-0.3, -0.25) is 4.79 Å². The van der Waals surface area contributed by atoms with Gasteiger partial charge in [0.2, 0.25) is 0 Å². The van der Waals surface area contributed by atoms with Gasteiger partial charge in [0.05, 0.1) is 6.67 Å². The van der Waals surface area contributed by atoms with Gasteiger partial charge in [0, 0.05) is 36.4 Å². The molecule has 0 bridgehead atoms. The second kappa shape index (κ2) is 6.10. The van der Waals surface area contributed by atoms with Crippen LogP contribution in [0.15, 0.2) is 66.7 Å². The van der Waals surface area contributed by atoms with Crippen LogP contribution >= 0.6 is 0 Å². The van der Waals surface area contributed by atoms with Crippen LogP contribution in [0.1, 0.15) is 15.9 Å². The normalized spacial score (nSPS) is 13.7. The number of hydrogen-bond donors (Lipinski definition) is 0. The molecule has 0 N–H and O–H groups in total. The van der Waals surface area contributed by atoms with Gasteiger partial charge >= 0.3 is 0 Å². The molecule has 124 valence electrons. The predicted octanol–water partition coefficient (Wildman–Crippen LogP) is 4.58. The van der Waals surface area contributed by atoms with Crippen molar-refractivity contribution in [2.45, 2.75) is 0 Å². The van der Waals surface area contributed by atoms with E-state index >= 15 is 0 Å². The van der Waals surface area contributed by atoms with E-state index in [4.69, 9.17) is 0 Å². The third-order valence-corrected chi connectivity index (χ3v) is 4.74. The molecular weight excluding hydrogens is 308 g/mol. The van der Waals surface area contributed by atoms with Gasteiger partial charge in [-0.25, -0.2) is 0 Å². The zero-order valence-electron chi connectivity index (χ0n) is 14.4. The summed E-state index contributed by atoms with van der Waals surface area (Å²) in [4.78, 5) is 17.2. The molecule has 0 fully saturated rings. The van der Waals surface area contributed by atoms with E-state index in [1.807, 2.05) is 54.6 Å². The van der Waals surface area contributed by atoms with Crippen molar-refractivity contribution in [1.82, 2.24) is 0 Å². The summed E-state index contributed by atoms with van der Waals surface area (Å²) < 4.78 is 0. The topological polar surface area (TPSA) is 23.6 Å². The molecule has 3 aromatic rings. The van der Waals surface area contributed by atoms with Gasteiger partial charge < -0.3 is 9.80 Å². The first-order valence-electron chi connectivity index (χ1n) is 8.40. The van der Waals surface area contributed by atoms with Crippen molar-refractivity contribution in [3.8, 4) is 0 Å². The minimum absolute atomic E-state index is 0.0310. The lowest BCUT2D eigenvalue weighted by Gasteiger charge is -2.35. The van der Waals surface area contributed by atoms with E-state index in [-0.39, 0.29) is 5.78 Å². The number of carbonyl (C=O) groups is 1. The molecule has 3 heteroatoms. The molecule has 0 amide bonds. The zero-order chi connectivity index (χ0) is 17.4. The smallest absolute Gasteiger partial charge is 0.186 e. The van der Waals surface area contributed by atoms with Gasteiger partial charge in [-0.1, -0.05) is 48.5 Å². The van der Waals surface area contributed by atoms with E-state index in [2.05, 4.69) is 36.0 Å². The van der Waals surface area contributed by atoms with Gasteiger partial charge in [-0.15, -0.1) is 0 Å². The first-order chi connectivity index (χ1) is 12.1. The Kier molecular flexibility index (Phi) is 3.77. The minimum atomic E-state index is 0.0310. The highest BCUT2D eigenvalue weighted by molar-refractivity contribution is 6.19. The SMILES string of the molecule is CN1CN(C)c2ccc(C(=O)/C=C/c3ccccc3)c3cccc1c23. The molecule has 25 heavy (non-hydrogen) atoms. The standard InChI is InChI=1S/C22H20N2O/c1-23-15-24(2)20-13-12-17(18-9-6-10-19(23)22(18)20)21(25)14-11-16-7-4-3-5-8-16/h3-14H,15H2,1-2H3/b14-11+. The van der Waals surface area contributed by atoms with E-state index in [1.165, 1.54) is 11.4 Å². The fraction of sp³-hybridized carbons (Fsp3) is 0.136. The number of rotatable bonds is 3. The van der Waals surface area contributed by atoms with Crippen molar-refractivity contribution in [2.24, 2.45) is 0 Å². The van der Waals surface area contributed by atoms with Crippen molar-refractivity contribution in [3.05, 3.63) is 77.9 Å². The summed E-state index contributed by atoms with van der Waals surface area (Å²) in [5.41, 5.74) is 4.12. The molecule has 0 radical (unpaired) electrons. The largest absolute Gasteiger partial charge is 0.356 e. The summed E-state index contributed by atoms with van der Waals surface area (Å²) in [7, 11) is 4.16. The van der Waals surface area contributed by atoms with Crippen LogP contribution in [0, 0.1) is 0 Å². The second-order valence-corrected chi connectivity index (χ2v) is 6.48. The number of benzene rings is 3. The number of carbonyl (C=O) groups excluding carboxylic acids is 1. The van der Waals surface area contributed by atoms with Gasteiger partial charge in [-0.2, -0.15) is 0 Å². The summed E-state index contributed by atoms with van der Waals surface area (Å²) >= 11 is 0. The van der Waals surface area contributed by atoms with Crippen molar-refractivity contribution in [2.75, 3.05) is 30.6 Å². The maximum atomic E-state index is 12.8. The molecule has 0 spiro atoms. The average molecular weight is 328 g/mol. The van der Waals surface area contributed by atoms with E-state index in [0.29, 0.717) is 0 Å². The van der Waals surface area contributed by atoms with E-state index in [0.717, 1.165) is 28.6 Å². The first-order valence-corrected chi connectivity index (χ1v) is 8.40. The molecule has 1 heterocycles. The fourth-order valence-corrected chi connectivity index (χ4v) is 3.52. The van der Waals surface area contributed by atoms with Crippen LogP contribution in [-0.4, -0.2) is 26.5 Å². The van der Waals surface area contributed by atoms with Crippen LogP contribution in [0.4, 0.5) is 11.4 Å². The van der Waals surface area contributed by atoms with E-state index < -0.39 is 0 Å². The molecule has 0 saturated heterocycles. The Labute approximate surface area is 147 Å². The van der Waals surface area contributed by atoms with Gasteiger partial charge in [0.25, 0.3) is 0 Å². The van der Waals surface area contributed by atoms with Crippen LogP contribution in [0.2, 0.25) is 0 Å². The van der Waals surface area contributed by atoms with Crippen molar-refractivity contribution < 1.29 is 4.79 Å². The van der Waals surface area contributed by atoms with Crippen LogP contribution in [0.25, 0.3) is 16.8 Å². The maximum Gasteiger partial charge on any atom is 0.186 e. The third kappa shape index (κ3) is 2.68. The molecular formula is C22H20N2O. The van der Waals surface area contributed by atoms with Gasteiger partial charge in [-0.05, 0) is 35.2 Å². The lowest BCUT2D eigenvalue weighted by Crippen LogP contribution is -2.36. The van der Waals surface area contributed by atoms with Crippen LogP contribution in [0.5, 0.6) is 0 Å². The summed E-state index contributed by atoms with van der Waals surface area (Å²) in [6, 6.07) is 20.1. The molecule has 0 atom stereocenters. The Balaban J connectivity index is 1.81. The maximum absolute atomic E-state index is 12.8. The highest BCUT2D eigenvalue weighted by Crippen LogP contribution is 2.39. The molecule has 1 aliphatic rings. The molecule has 0 saturated carbocycles. The fourth-order valence-electron chi connectivity index (χ4n) is 3.52. The highest BCUT2D eigenvalue weighted by atomic mass is 16.1. The molecule has 0 aromatic heterocycles. The van der Waals surface area contributed by atoms with Crippen LogP contribution < -0.4 is 9.80 Å². The van der Waals surface area contributed by atoms with Gasteiger partial charge in [0.1, 0.15) is 0 Å². The number of hydrogen-bond acceptors (Lipinski definition) is 3. The lowest BCUT2D eigenvalue weighted by atomic mass is 9.96. The zero-order valence-corrected chi connectivity index (χ0v) is 14.4. The van der Waals surface area contributed by atoms with Gasteiger partial charge in [0.15, 0.2) is 5.78 Å². The molecule has 3 nitrogen and oxygen atoms in total. The number of allylic oxidation sites excluding steroid dienone is 1. The monoisotopic (exact) mass is 328 g/mol. The Morgan fingerprint density at radius 1 is 0.880 bits per heavy atom. The molecule has 0 unspecified atom stereocenters.